The minimum atomic E-state index is -3.06. The average Bonchev–Trinajstić information content (AvgIpc) is 3.19. The van der Waals surface area contributed by atoms with E-state index in [1.165, 1.54) is 55.4 Å². The molecule has 4 atom stereocenters. The second-order valence-electron chi connectivity index (χ2n) is 15.1. The van der Waals surface area contributed by atoms with Crippen LogP contribution < -0.4 is 61.3 Å². The van der Waals surface area contributed by atoms with Crippen LogP contribution in [0.5, 0.6) is 0 Å². The van der Waals surface area contributed by atoms with E-state index < -0.39 is 141 Å². The molecule has 71 heavy (non-hydrogen) atoms. The van der Waals surface area contributed by atoms with Crippen molar-refractivity contribution in [1.82, 2.24) is 0 Å². The molecule has 0 aromatic carbocycles. The van der Waals surface area contributed by atoms with Crippen LogP contribution in [0, 0.1) is 21.7 Å². The van der Waals surface area contributed by atoms with Crippen molar-refractivity contribution in [2.75, 3.05) is 0 Å². The smallest absolute Gasteiger partial charge is 0.550 e. The molecule has 4 N–H and O–H groups in total. The molecule has 392 valence electrons. The maximum Gasteiger partial charge on any atom is 4.00 e. The van der Waals surface area contributed by atoms with Crippen LogP contribution in [-0.4, -0.2) is 114 Å². The van der Waals surface area contributed by atoms with Crippen molar-refractivity contribution in [2.45, 2.75) is 155 Å². The number of hydrogen-bond acceptors (Lipinski definition) is 28. The van der Waals surface area contributed by atoms with Crippen molar-refractivity contribution in [3.8, 4) is 0 Å². The third-order valence-electron chi connectivity index (χ3n) is 12.5. The number of carboxylic acid groups (broad SMARTS) is 12. The Hall–Kier alpha value is -3.87. The first kappa shape index (κ1) is 81.2. The van der Waals surface area contributed by atoms with Gasteiger partial charge in [-0.15, -0.1) is 0 Å². The molecule has 0 fully saturated rings. The van der Waals surface area contributed by atoms with E-state index in [4.69, 9.17) is 0 Å². The van der Waals surface area contributed by atoms with Gasteiger partial charge in [0.25, 0.3) is 0 Å². The molecule has 0 aliphatic rings. The van der Waals surface area contributed by atoms with Crippen molar-refractivity contribution >= 4 is 71.6 Å². The fourth-order valence-electron chi connectivity index (χ4n) is 7.75. The van der Waals surface area contributed by atoms with E-state index in [1.807, 2.05) is 0 Å². The quantitative estimate of drug-likeness (QED) is 0.0565. The first-order valence-corrected chi connectivity index (χ1v) is 20.1. The van der Waals surface area contributed by atoms with Gasteiger partial charge in [-0.1, -0.05) is 55.4 Å². The van der Waals surface area contributed by atoms with Gasteiger partial charge in [0, 0.05) is 71.2 Å². The van der Waals surface area contributed by atoms with E-state index in [-0.39, 0.29) is 130 Å². The summed E-state index contributed by atoms with van der Waals surface area (Å²) in [5.74, 6) is -23.6. The third-order valence-corrected chi connectivity index (χ3v) is 12.5. The van der Waals surface area contributed by atoms with Gasteiger partial charge in [-0.3, -0.25) is 0 Å². The van der Waals surface area contributed by atoms with Crippen molar-refractivity contribution < 1.29 is 218 Å². The zero-order valence-corrected chi connectivity index (χ0v) is 46.9. The van der Waals surface area contributed by atoms with E-state index in [2.05, 4.69) is 0 Å². The molecular weight excluding hydrogens is 1200 g/mol. The van der Waals surface area contributed by atoms with E-state index in [1.54, 1.807) is 0 Å². The summed E-state index contributed by atoms with van der Waals surface area (Å²) < 4.78 is 0. The van der Waals surface area contributed by atoms with Crippen LogP contribution in [0.3, 0.4) is 0 Å². The first-order valence-electron chi connectivity index (χ1n) is 20.1. The van der Waals surface area contributed by atoms with E-state index in [0.717, 1.165) is 0 Å². The number of aliphatic hydroxyl groups is 4. The second kappa shape index (κ2) is 33.0. The molecule has 0 spiro atoms. The van der Waals surface area contributed by atoms with Crippen molar-refractivity contribution in [3.05, 3.63) is 0 Å². The topological polar surface area (TPSA) is 562 Å². The minimum Gasteiger partial charge on any atom is -0.550 e. The number of aliphatic carboxylic acids is 12. The second-order valence-corrected chi connectivity index (χ2v) is 15.1. The van der Waals surface area contributed by atoms with Gasteiger partial charge >= 0.3 is 78.6 Å². The van der Waals surface area contributed by atoms with Gasteiger partial charge in [0.05, 0.1) is 47.8 Å². The van der Waals surface area contributed by atoms with Crippen LogP contribution in [0.2, 0.25) is 0 Å². The summed E-state index contributed by atoms with van der Waals surface area (Å²) in [7, 11) is 0. The number of carboxylic acids is 12. The van der Waals surface area contributed by atoms with Gasteiger partial charge in [-0.2, -0.15) is 0 Å². The predicted octanol–water partition coefficient (Wildman–Crippen LogP) is -15.4. The summed E-state index contributed by atoms with van der Waals surface area (Å²) in [5, 5.41) is 169. The molecule has 0 amide bonds. The maximum atomic E-state index is 11.0. The summed E-state index contributed by atoms with van der Waals surface area (Å²) in [5.41, 5.74) is -21.2. The molecule has 0 radical (unpaired) electrons. The molecule has 0 saturated carbocycles. The molecule has 31 heteroatoms. The average molecular weight is 1250 g/mol. The van der Waals surface area contributed by atoms with Gasteiger partial charge in [0.1, 0.15) is 22.4 Å². The molecule has 4 unspecified atom stereocenters. The third kappa shape index (κ3) is 17.7. The minimum absolute atomic E-state index is 0. The van der Waals surface area contributed by atoms with E-state index in [9.17, 15) is 139 Å². The Morgan fingerprint density at radius 3 is 0.394 bits per heavy atom. The summed E-state index contributed by atoms with van der Waals surface area (Å²) >= 11 is 0. The van der Waals surface area contributed by atoms with E-state index in [0.29, 0.717) is 0 Å². The van der Waals surface area contributed by atoms with E-state index >= 15 is 0 Å². The fraction of sp³-hybridized carbons (Fsp3) is 0.700. The van der Waals surface area contributed by atoms with Gasteiger partial charge in [0.15, 0.2) is 0 Å². The Kier molecular flexibility index (Phi) is 37.8. The molecule has 0 heterocycles. The largest absolute Gasteiger partial charge is 4.00 e. The normalized spacial score (nSPS) is 14.4. The number of hydrogen-bond donors (Lipinski definition) is 4. The van der Waals surface area contributed by atoms with Crippen LogP contribution in [0.4, 0.5) is 0 Å². The van der Waals surface area contributed by atoms with Crippen LogP contribution in [0.25, 0.3) is 0 Å². The Labute approximate surface area is 462 Å². The molecule has 28 nitrogen and oxygen atoms in total. The maximum absolute atomic E-state index is 11.0. The van der Waals surface area contributed by atoms with Crippen LogP contribution in [0.15, 0.2) is 0 Å². The molecule has 0 saturated heterocycles. The summed E-state index contributed by atoms with van der Waals surface area (Å²) in [4.78, 5) is 129. The van der Waals surface area contributed by atoms with Gasteiger partial charge in [0.2, 0.25) is 0 Å². The number of carbonyl (C=O) groups is 12. The van der Waals surface area contributed by atoms with Crippen LogP contribution in [0.1, 0.15) is 132 Å². The number of carbonyl (C=O) groups excluding carboxylic acids is 12. The molecular formula is C40H52O28Zr3. The monoisotopic (exact) mass is 1250 g/mol. The standard InChI is InChI=1S/4C10H16O7.3Zr/c4*1-3-9(4-2,7(13)14)10(17,8(15)16)5-6(11)12;;;/h4*17H,3-5H2,1-2H3,(H,11,12)(H,13,14)(H,15,16);;;/q;;;;3*+4/p-12. The van der Waals surface area contributed by atoms with Crippen LogP contribution in [-0.2, 0) is 136 Å². The molecule has 0 aliphatic heterocycles. The summed E-state index contributed by atoms with van der Waals surface area (Å²) in [6.07, 6.45) is -8.01. The Balaban J connectivity index is -0.000000152. The van der Waals surface area contributed by atoms with Gasteiger partial charge < -0.3 is 139 Å². The molecule has 0 aliphatic carbocycles. The zero-order valence-electron chi connectivity index (χ0n) is 39.6. The molecule has 0 aromatic heterocycles. The first-order chi connectivity index (χ1) is 30.7. The molecule has 0 aromatic rings. The Morgan fingerprint density at radius 2 is 0.352 bits per heavy atom. The van der Waals surface area contributed by atoms with Crippen LogP contribution >= 0.6 is 0 Å². The summed E-state index contributed by atoms with van der Waals surface area (Å²) in [6, 6.07) is 0. The van der Waals surface area contributed by atoms with Gasteiger partial charge in [-0.25, -0.2) is 0 Å². The van der Waals surface area contributed by atoms with Gasteiger partial charge in [-0.05, 0) is 51.4 Å². The molecule has 0 bridgehead atoms. The van der Waals surface area contributed by atoms with Crippen molar-refractivity contribution in [2.24, 2.45) is 21.7 Å². The van der Waals surface area contributed by atoms with Crippen molar-refractivity contribution in [3.63, 3.8) is 0 Å². The van der Waals surface area contributed by atoms with Crippen molar-refractivity contribution in [1.29, 1.82) is 0 Å². The predicted molar refractivity (Wildman–Crippen MR) is 190 cm³/mol. The number of rotatable bonds is 28. The Morgan fingerprint density at radius 1 is 0.254 bits per heavy atom. The zero-order chi connectivity index (χ0) is 55.4. The summed E-state index contributed by atoms with van der Waals surface area (Å²) in [6.45, 7) is 10.5. The SMILES string of the molecule is CCC(CC)(C(=O)[O-])C(O)(CC(=O)[O-])C(=O)[O-].CCC(CC)(C(=O)[O-])C(O)(CC(=O)[O-])C(=O)[O-].CCC(CC)(C(=O)[O-])C(O)(CC(=O)[O-])C(=O)[O-].CCC(CC)(C(=O)[O-])C(O)(CC(=O)[O-])C(=O)[O-].[Zr+4].[Zr+4].[Zr+4]. The fourth-order valence-corrected chi connectivity index (χ4v) is 7.75. The molecule has 0 rings (SSSR count). The Bertz CT molecular complexity index is 1610.